The predicted octanol–water partition coefficient (Wildman–Crippen LogP) is 3.49. The van der Waals surface area contributed by atoms with Crippen molar-refractivity contribution in [3.63, 3.8) is 0 Å². The molecule has 0 unspecified atom stereocenters. The second-order valence-corrected chi connectivity index (χ2v) is 7.85. The topological polar surface area (TPSA) is 63.9 Å². The fraction of sp³-hybridized carbons (Fsp3) is 0.579. The van der Waals surface area contributed by atoms with Crippen molar-refractivity contribution in [3.8, 4) is 0 Å². The van der Waals surface area contributed by atoms with Gasteiger partial charge in [-0.15, -0.1) is 5.10 Å². The largest absolute Gasteiger partial charge is 0.341 e. The van der Waals surface area contributed by atoms with E-state index in [0.717, 1.165) is 30.0 Å². The highest BCUT2D eigenvalue weighted by Crippen LogP contribution is 2.30. The van der Waals surface area contributed by atoms with Gasteiger partial charge >= 0.3 is 0 Å². The average Bonchev–Trinajstić information content (AvgIpc) is 3.16. The van der Waals surface area contributed by atoms with E-state index < -0.39 is 0 Å². The van der Waals surface area contributed by atoms with Gasteiger partial charge in [0.1, 0.15) is 0 Å². The van der Waals surface area contributed by atoms with E-state index >= 15 is 0 Å². The van der Waals surface area contributed by atoms with E-state index in [1.807, 2.05) is 11.7 Å². The van der Waals surface area contributed by atoms with Crippen LogP contribution in [0.2, 0.25) is 0 Å². The number of aromatic nitrogens is 4. The number of hydrogen-bond donors (Lipinski definition) is 0. The molecule has 1 aliphatic rings. The van der Waals surface area contributed by atoms with E-state index in [1.54, 1.807) is 4.90 Å². The molecule has 3 rings (SSSR count). The van der Waals surface area contributed by atoms with Crippen LogP contribution in [0.4, 0.5) is 0 Å². The molecule has 0 bridgehead atoms. The first-order valence-electron chi connectivity index (χ1n) is 9.40. The van der Waals surface area contributed by atoms with Gasteiger partial charge in [-0.05, 0) is 40.8 Å². The molecule has 26 heavy (non-hydrogen) atoms. The van der Waals surface area contributed by atoms with Crippen LogP contribution in [-0.4, -0.2) is 43.8 Å². The van der Waals surface area contributed by atoms with Crippen molar-refractivity contribution >= 4 is 17.7 Å². The second kappa shape index (κ2) is 9.16. The summed E-state index contributed by atoms with van der Waals surface area (Å²) in [5.41, 5.74) is 2.46. The highest BCUT2D eigenvalue weighted by atomic mass is 32.2. The molecule has 1 aliphatic carbocycles. The smallest absolute Gasteiger partial charge is 0.233 e. The van der Waals surface area contributed by atoms with Crippen LogP contribution in [0, 0.1) is 0 Å². The van der Waals surface area contributed by atoms with Crippen LogP contribution in [0.15, 0.2) is 29.4 Å². The fourth-order valence-corrected chi connectivity index (χ4v) is 4.20. The first kappa shape index (κ1) is 18.9. The van der Waals surface area contributed by atoms with Gasteiger partial charge in [0.05, 0.1) is 11.8 Å². The summed E-state index contributed by atoms with van der Waals surface area (Å²) in [5.74, 6) is 0.448. The Hall–Kier alpha value is -1.89. The molecule has 0 spiro atoms. The zero-order valence-corrected chi connectivity index (χ0v) is 16.4. The first-order valence-corrected chi connectivity index (χ1v) is 10.4. The molecule has 1 fully saturated rings. The van der Waals surface area contributed by atoms with E-state index in [0.29, 0.717) is 18.3 Å². The Balaban J connectivity index is 1.52. The summed E-state index contributed by atoms with van der Waals surface area (Å²) in [7, 11) is 1.85. The molecular formula is C19H27N5OS. The summed E-state index contributed by atoms with van der Waals surface area (Å²) in [5, 5.41) is 12.9. The predicted molar refractivity (Wildman–Crippen MR) is 103 cm³/mol. The van der Waals surface area contributed by atoms with Crippen LogP contribution < -0.4 is 0 Å². The lowest BCUT2D eigenvalue weighted by molar-refractivity contribution is -0.127. The van der Waals surface area contributed by atoms with Crippen LogP contribution in [0.25, 0.3) is 0 Å². The minimum atomic E-state index is 0.0905. The molecule has 2 aromatic rings. The third-order valence-electron chi connectivity index (χ3n) is 4.98. The van der Waals surface area contributed by atoms with Crippen LogP contribution in [0.3, 0.4) is 0 Å². The van der Waals surface area contributed by atoms with Crippen LogP contribution >= 0.6 is 11.8 Å². The Kier molecular flexibility index (Phi) is 6.66. The highest BCUT2D eigenvalue weighted by Gasteiger charge is 2.21. The average molecular weight is 374 g/mol. The van der Waals surface area contributed by atoms with E-state index in [4.69, 9.17) is 0 Å². The maximum atomic E-state index is 12.5. The molecule has 0 atom stereocenters. The monoisotopic (exact) mass is 373 g/mol. The molecule has 0 N–H and O–H groups in total. The molecule has 1 saturated carbocycles. The number of tetrazole rings is 1. The van der Waals surface area contributed by atoms with Crippen LogP contribution in [-0.2, 0) is 17.8 Å². The Morgan fingerprint density at radius 2 is 1.88 bits per heavy atom. The van der Waals surface area contributed by atoms with Gasteiger partial charge < -0.3 is 4.90 Å². The Labute approximate surface area is 159 Å². The molecule has 1 aromatic heterocycles. The maximum Gasteiger partial charge on any atom is 0.233 e. The molecule has 140 valence electrons. The van der Waals surface area contributed by atoms with Gasteiger partial charge in [-0.1, -0.05) is 62.2 Å². The van der Waals surface area contributed by atoms with Crippen molar-refractivity contribution in [3.05, 3.63) is 35.4 Å². The van der Waals surface area contributed by atoms with E-state index in [-0.39, 0.29) is 5.91 Å². The van der Waals surface area contributed by atoms with Crippen molar-refractivity contribution in [2.24, 2.45) is 0 Å². The van der Waals surface area contributed by atoms with Crippen LogP contribution in [0.5, 0.6) is 0 Å². The molecule has 1 amide bonds. The fourth-order valence-electron chi connectivity index (χ4n) is 3.31. The molecular weight excluding hydrogens is 346 g/mol. The number of amides is 1. The normalized spacial score (nSPS) is 15.2. The van der Waals surface area contributed by atoms with Crippen molar-refractivity contribution in [1.82, 2.24) is 25.1 Å². The van der Waals surface area contributed by atoms with Gasteiger partial charge in [-0.2, -0.15) is 0 Å². The van der Waals surface area contributed by atoms with Crippen molar-refractivity contribution < 1.29 is 4.79 Å². The van der Waals surface area contributed by atoms with Crippen molar-refractivity contribution in [1.29, 1.82) is 0 Å². The quantitative estimate of drug-likeness (QED) is 0.695. The van der Waals surface area contributed by atoms with Gasteiger partial charge in [0.2, 0.25) is 11.1 Å². The molecule has 0 aliphatic heterocycles. The summed E-state index contributed by atoms with van der Waals surface area (Å²) >= 11 is 1.44. The zero-order valence-electron chi connectivity index (χ0n) is 15.6. The standard InChI is InChI=1S/C19H27N5OS/c1-3-15-9-11-16(12-10-15)13-23(2)18(25)14-26-19-20-21-22-24(19)17-7-5-4-6-8-17/h9-12,17H,3-8,13-14H2,1-2H3. The number of hydrogen-bond acceptors (Lipinski definition) is 5. The van der Waals surface area contributed by atoms with Crippen LogP contribution in [0.1, 0.15) is 56.2 Å². The Bertz CT molecular complexity index is 709. The number of rotatable bonds is 7. The van der Waals surface area contributed by atoms with Crippen molar-refractivity contribution in [2.75, 3.05) is 12.8 Å². The highest BCUT2D eigenvalue weighted by molar-refractivity contribution is 7.99. The third kappa shape index (κ3) is 4.84. The van der Waals surface area contributed by atoms with Crippen molar-refractivity contribution in [2.45, 2.75) is 63.2 Å². The van der Waals surface area contributed by atoms with Gasteiger partial charge in [0, 0.05) is 13.6 Å². The molecule has 1 aromatic carbocycles. The van der Waals surface area contributed by atoms with E-state index in [2.05, 4.69) is 46.7 Å². The number of carbonyl (C=O) groups excluding carboxylic acids is 1. The molecule has 7 heteroatoms. The summed E-state index contributed by atoms with van der Waals surface area (Å²) in [6, 6.07) is 8.83. The number of carbonyl (C=O) groups is 1. The van der Waals surface area contributed by atoms with Gasteiger partial charge in [0.15, 0.2) is 0 Å². The lowest BCUT2D eigenvalue weighted by Gasteiger charge is -2.22. The van der Waals surface area contributed by atoms with Gasteiger partial charge in [-0.3, -0.25) is 4.79 Å². The summed E-state index contributed by atoms with van der Waals surface area (Å²) in [6.45, 7) is 2.76. The second-order valence-electron chi connectivity index (χ2n) is 6.91. The van der Waals surface area contributed by atoms with E-state index in [9.17, 15) is 4.79 Å². The Morgan fingerprint density at radius 1 is 1.19 bits per heavy atom. The van der Waals surface area contributed by atoms with Gasteiger partial charge in [0.25, 0.3) is 0 Å². The number of aryl methyl sites for hydroxylation is 1. The summed E-state index contributed by atoms with van der Waals surface area (Å²) < 4.78 is 1.92. The Morgan fingerprint density at radius 3 is 2.58 bits per heavy atom. The molecule has 0 saturated heterocycles. The minimum absolute atomic E-state index is 0.0905. The minimum Gasteiger partial charge on any atom is -0.341 e. The number of benzene rings is 1. The SMILES string of the molecule is CCc1ccc(CN(C)C(=O)CSc2nnnn2C2CCCCC2)cc1. The third-order valence-corrected chi connectivity index (χ3v) is 5.90. The first-order chi connectivity index (χ1) is 12.7. The number of nitrogens with zero attached hydrogens (tertiary/aromatic N) is 5. The van der Waals surface area contributed by atoms with Gasteiger partial charge in [-0.25, -0.2) is 4.68 Å². The molecule has 0 radical (unpaired) electrons. The lowest BCUT2D eigenvalue weighted by atomic mass is 9.96. The summed E-state index contributed by atoms with van der Waals surface area (Å²) in [6.07, 6.45) is 7.03. The maximum absolute atomic E-state index is 12.5. The molecule has 6 nitrogen and oxygen atoms in total. The summed E-state index contributed by atoms with van der Waals surface area (Å²) in [4.78, 5) is 14.2. The number of thioether (sulfide) groups is 1. The lowest BCUT2D eigenvalue weighted by Crippen LogP contribution is -2.28. The van der Waals surface area contributed by atoms with E-state index in [1.165, 1.54) is 36.6 Å². The zero-order chi connectivity index (χ0) is 18.4. The molecule has 1 heterocycles.